The second-order valence-electron chi connectivity index (χ2n) is 4.30. The number of primary amides is 2. The van der Waals surface area contributed by atoms with E-state index in [1.807, 2.05) is 0 Å². The van der Waals surface area contributed by atoms with E-state index in [0.717, 1.165) is 12.8 Å². The Morgan fingerprint density at radius 1 is 0.895 bits per heavy atom. The van der Waals surface area contributed by atoms with Crippen LogP contribution < -0.4 is 11.5 Å². The van der Waals surface area contributed by atoms with Crippen molar-refractivity contribution in [1.82, 2.24) is 0 Å². The molecule has 0 aromatic heterocycles. The molecule has 8 heteroatoms. The molecule has 2 amide bonds. The molecule has 106 valence electrons. The molecule has 1 fully saturated rings. The molecule has 1 aliphatic carbocycles. The Balaban J connectivity index is 0.000000362. The van der Waals surface area contributed by atoms with Crippen LogP contribution >= 0.6 is 0 Å². The van der Waals surface area contributed by atoms with Crippen LogP contribution in [0.25, 0.3) is 0 Å². The molecule has 1 saturated carbocycles. The maximum atomic E-state index is 10.5. The number of carboxylic acids is 2. The third-order valence-corrected chi connectivity index (χ3v) is 2.42. The lowest BCUT2D eigenvalue weighted by Crippen LogP contribution is -2.22. The van der Waals surface area contributed by atoms with E-state index in [1.54, 1.807) is 0 Å². The Bertz CT molecular complexity index is 377. The third-order valence-electron chi connectivity index (χ3n) is 2.42. The SMILES string of the molecule is NC(=O)CC1(CC(N)=O)CC1.O=C(O)/C=C/C(=O)O. The van der Waals surface area contributed by atoms with Gasteiger partial charge < -0.3 is 21.7 Å². The molecule has 0 unspecified atom stereocenters. The zero-order valence-corrected chi connectivity index (χ0v) is 10.2. The summed E-state index contributed by atoms with van der Waals surface area (Å²) in [5, 5.41) is 15.6. The van der Waals surface area contributed by atoms with Crippen LogP contribution in [0.15, 0.2) is 12.2 Å². The van der Waals surface area contributed by atoms with Gasteiger partial charge >= 0.3 is 11.9 Å². The number of carbonyl (C=O) groups excluding carboxylic acids is 2. The fourth-order valence-electron chi connectivity index (χ4n) is 1.47. The Hall–Kier alpha value is -2.38. The van der Waals surface area contributed by atoms with Crippen LogP contribution in [0.3, 0.4) is 0 Å². The molecule has 0 saturated heterocycles. The van der Waals surface area contributed by atoms with Crippen molar-refractivity contribution >= 4 is 23.8 Å². The van der Waals surface area contributed by atoms with Crippen LogP contribution in [-0.2, 0) is 19.2 Å². The molecule has 8 nitrogen and oxygen atoms in total. The lowest BCUT2D eigenvalue weighted by atomic mass is 9.98. The Kier molecular flexibility index (Phi) is 6.25. The first-order chi connectivity index (χ1) is 8.67. The van der Waals surface area contributed by atoms with Crippen molar-refractivity contribution in [2.75, 3.05) is 0 Å². The second-order valence-corrected chi connectivity index (χ2v) is 4.30. The lowest BCUT2D eigenvalue weighted by Gasteiger charge is -2.08. The number of carbonyl (C=O) groups is 4. The fraction of sp³-hybridized carbons (Fsp3) is 0.455. The molecule has 1 rings (SSSR count). The van der Waals surface area contributed by atoms with Crippen molar-refractivity contribution in [3.63, 3.8) is 0 Å². The highest BCUT2D eigenvalue weighted by atomic mass is 16.4. The largest absolute Gasteiger partial charge is 0.478 e. The Labute approximate surface area is 109 Å². The summed E-state index contributed by atoms with van der Waals surface area (Å²) in [6.45, 7) is 0. The minimum atomic E-state index is -1.26. The van der Waals surface area contributed by atoms with Crippen molar-refractivity contribution in [3.05, 3.63) is 12.2 Å². The average Bonchev–Trinajstić information content (AvgIpc) is 2.93. The fourth-order valence-corrected chi connectivity index (χ4v) is 1.47. The Morgan fingerprint density at radius 3 is 1.37 bits per heavy atom. The molecule has 0 spiro atoms. The molecule has 1 aliphatic rings. The smallest absolute Gasteiger partial charge is 0.328 e. The number of hydrogen-bond acceptors (Lipinski definition) is 4. The standard InChI is InChI=1S/C7H12N2O2.C4H4O4/c8-5(10)3-7(1-2-7)4-6(9)11;5-3(6)1-2-4(7)8/h1-4H2,(H2,8,10)(H2,9,11);1-2H,(H,5,6)(H,7,8)/b;2-1+. The van der Waals surface area contributed by atoms with Gasteiger partial charge in [-0.15, -0.1) is 0 Å². The third kappa shape index (κ3) is 9.33. The number of nitrogens with two attached hydrogens (primary N) is 2. The molecule has 0 heterocycles. The van der Waals surface area contributed by atoms with E-state index < -0.39 is 11.9 Å². The number of rotatable bonds is 6. The van der Waals surface area contributed by atoms with Crippen LogP contribution in [0.5, 0.6) is 0 Å². The van der Waals surface area contributed by atoms with Crippen LogP contribution in [-0.4, -0.2) is 34.0 Å². The van der Waals surface area contributed by atoms with Gasteiger partial charge in [0.2, 0.25) is 11.8 Å². The first-order valence-electron chi connectivity index (χ1n) is 5.37. The topological polar surface area (TPSA) is 161 Å². The normalized spacial score (nSPS) is 15.2. The van der Waals surface area contributed by atoms with E-state index in [-0.39, 0.29) is 17.2 Å². The summed E-state index contributed by atoms with van der Waals surface area (Å²) in [6, 6.07) is 0. The van der Waals surface area contributed by atoms with Crippen LogP contribution in [0.4, 0.5) is 0 Å². The molecule has 0 radical (unpaired) electrons. The van der Waals surface area contributed by atoms with Gasteiger partial charge in [0.15, 0.2) is 0 Å². The lowest BCUT2D eigenvalue weighted by molar-refractivity contribution is -0.134. The van der Waals surface area contributed by atoms with Gasteiger partial charge in [-0.3, -0.25) is 9.59 Å². The van der Waals surface area contributed by atoms with Crippen molar-refractivity contribution in [2.24, 2.45) is 16.9 Å². The first-order valence-corrected chi connectivity index (χ1v) is 5.37. The van der Waals surface area contributed by atoms with Crippen molar-refractivity contribution in [2.45, 2.75) is 25.7 Å². The summed E-state index contributed by atoms with van der Waals surface area (Å²) in [5.74, 6) is -3.20. The number of amides is 2. The molecular formula is C11H16N2O6. The molecule has 0 aliphatic heterocycles. The summed E-state index contributed by atoms with van der Waals surface area (Å²) >= 11 is 0. The van der Waals surface area contributed by atoms with Gasteiger partial charge in [-0.05, 0) is 18.3 Å². The van der Waals surface area contributed by atoms with E-state index >= 15 is 0 Å². The quantitative estimate of drug-likeness (QED) is 0.464. The minimum absolute atomic E-state index is 0.155. The monoisotopic (exact) mass is 272 g/mol. The number of carboxylic acid groups (broad SMARTS) is 2. The van der Waals surface area contributed by atoms with Crippen molar-refractivity contribution < 1.29 is 29.4 Å². The van der Waals surface area contributed by atoms with Crippen molar-refractivity contribution in [1.29, 1.82) is 0 Å². The highest BCUT2D eigenvalue weighted by Gasteiger charge is 2.44. The van der Waals surface area contributed by atoms with Crippen LogP contribution in [0.2, 0.25) is 0 Å². The molecule has 0 atom stereocenters. The van der Waals surface area contributed by atoms with Gasteiger partial charge in [0, 0.05) is 25.0 Å². The van der Waals surface area contributed by atoms with Gasteiger partial charge in [0.25, 0.3) is 0 Å². The maximum Gasteiger partial charge on any atom is 0.328 e. The second kappa shape index (κ2) is 7.14. The van der Waals surface area contributed by atoms with Gasteiger partial charge in [-0.25, -0.2) is 9.59 Å². The van der Waals surface area contributed by atoms with Crippen LogP contribution in [0, 0.1) is 5.41 Å². The van der Waals surface area contributed by atoms with Gasteiger partial charge in [-0.1, -0.05) is 0 Å². The molecule has 19 heavy (non-hydrogen) atoms. The summed E-state index contributed by atoms with van der Waals surface area (Å²) < 4.78 is 0. The molecule has 0 aromatic carbocycles. The highest BCUT2D eigenvalue weighted by molar-refractivity contribution is 5.89. The summed E-state index contributed by atoms with van der Waals surface area (Å²) in [7, 11) is 0. The van der Waals surface area contributed by atoms with Crippen LogP contribution in [0.1, 0.15) is 25.7 Å². The highest BCUT2D eigenvalue weighted by Crippen LogP contribution is 2.51. The number of aliphatic carboxylic acids is 2. The Morgan fingerprint density at radius 2 is 1.21 bits per heavy atom. The van der Waals surface area contributed by atoms with Gasteiger partial charge in [-0.2, -0.15) is 0 Å². The zero-order chi connectivity index (χ0) is 15.1. The summed E-state index contributed by atoms with van der Waals surface area (Å²) in [6.07, 6.45) is 3.52. The van der Waals surface area contributed by atoms with E-state index in [2.05, 4.69) is 0 Å². The predicted octanol–water partition coefficient (Wildman–Crippen LogP) is -0.771. The molecule has 0 aromatic rings. The predicted molar refractivity (Wildman–Crippen MR) is 63.7 cm³/mol. The molecular weight excluding hydrogens is 256 g/mol. The van der Waals surface area contributed by atoms with E-state index in [4.69, 9.17) is 21.7 Å². The number of hydrogen-bond donors (Lipinski definition) is 4. The van der Waals surface area contributed by atoms with Gasteiger partial charge in [0.05, 0.1) is 0 Å². The maximum absolute atomic E-state index is 10.5. The summed E-state index contributed by atoms with van der Waals surface area (Å²) in [4.78, 5) is 40.1. The molecule has 6 N–H and O–H groups in total. The minimum Gasteiger partial charge on any atom is -0.478 e. The molecule has 0 bridgehead atoms. The van der Waals surface area contributed by atoms with E-state index in [0.29, 0.717) is 25.0 Å². The van der Waals surface area contributed by atoms with E-state index in [9.17, 15) is 19.2 Å². The van der Waals surface area contributed by atoms with E-state index in [1.165, 1.54) is 0 Å². The van der Waals surface area contributed by atoms with Gasteiger partial charge in [0.1, 0.15) is 0 Å². The van der Waals surface area contributed by atoms with Crippen molar-refractivity contribution in [3.8, 4) is 0 Å². The first kappa shape index (κ1) is 16.6. The average molecular weight is 272 g/mol. The summed E-state index contributed by atoms with van der Waals surface area (Å²) in [5.41, 5.74) is 9.85. The zero-order valence-electron chi connectivity index (χ0n) is 10.2.